The molecule has 0 aliphatic carbocycles. The van der Waals surface area contributed by atoms with Crippen molar-refractivity contribution in [2.24, 2.45) is 0 Å². The third-order valence-corrected chi connectivity index (χ3v) is 2.51. The van der Waals surface area contributed by atoms with Crippen LogP contribution in [0.15, 0.2) is 10.5 Å². The largest absolute Gasteiger partial charge is 0.495 e. The number of anilines is 2. The highest BCUT2D eigenvalue weighted by molar-refractivity contribution is 9.10. The third-order valence-electron chi connectivity index (χ3n) is 1.77. The molecule has 0 atom stereocenters. The molecule has 0 unspecified atom stereocenters. The van der Waals surface area contributed by atoms with Gasteiger partial charge < -0.3 is 10.1 Å². The Balaban J connectivity index is 3.38. The van der Waals surface area contributed by atoms with Gasteiger partial charge in [0.05, 0.1) is 17.3 Å². The molecular formula is C8H10BrFN2O2. The summed E-state index contributed by atoms with van der Waals surface area (Å²) in [4.78, 5) is 0. The van der Waals surface area contributed by atoms with Gasteiger partial charge in [-0.1, -0.05) is 0 Å². The van der Waals surface area contributed by atoms with Crippen LogP contribution in [0, 0.1) is 5.82 Å². The van der Waals surface area contributed by atoms with Gasteiger partial charge in [0.1, 0.15) is 11.4 Å². The molecular weight excluding hydrogens is 255 g/mol. The molecule has 0 bridgehead atoms. The van der Waals surface area contributed by atoms with Crippen LogP contribution >= 0.6 is 15.9 Å². The second-order valence-corrected chi connectivity index (χ2v) is 3.28. The monoisotopic (exact) mass is 264 g/mol. The van der Waals surface area contributed by atoms with Crippen LogP contribution in [-0.2, 0) is 0 Å². The fourth-order valence-electron chi connectivity index (χ4n) is 1.06. The lowest BCUT2D eigenvalue weighted by molar-refractivity contribution is 0.381. The highest BCUT2D eigenvalue weighted by Gasteiger charge is 2.16. The van der Waals surface area contributed by atoms with E-state index in [-0.39, 0.29) is 10.2 Å². The Morgan fingerprint density at radius 1 is 1.57 bits per heavy atom. The first-order valence-corrected chi connectivity index (χ1v) is 4.58. The van der Waals surface area contributed by atoms with E-state index in [0.717, 1.165) is 0 Å². The van der Waals surface area contributed by atoms with E-state index < -0.39 is 5.82 Å². The van der Waals surface area contributed by atoms with Crippen LogP contribution in [0.3, 0.4) is 0 Å². The number of nitrogens with one attached hydrogen (secondary N) is 2. The van der Waals surface area contributed by atoms with Crippen molar-refractivity contribution in [1.82, 2.24) is 0 Å². The maximum atomic E-state index is 13.5. The molecule has 78 valence electrons. The normalized spacial score (nSPS) is 9.79. The molecule has 0 aliphatic rings. The minimum Gasteiger partial charge on any atom is -0.495 e. The Hall–Kier alpha value is -1.01. The van der Waals surface area contributed by atoms with Crippen LogP contribution in [0.1, 0.15) is 0 Å². The lowest BCUT2D eigenvalue weighted by Gasteiger charge is -2.12. The van der Waals surface area contributed by atoms with Crippen LogP contribution < -0.4 is 15.5 Å². The highest BCUT2D eigenvalue weighted by atomic mass is 79.9. The first-order chi connectivity index (χ1) is 6.65. The molecule has 0 heterocycles. The lowest BCUT2D eigenvalue weighted by atomic mass is 10.2. The Morgan fingerprint density at radius 2 is 2.21 bits per heavy atom. The summed E-state index contributed by atoms with van der Waals surface area (Å²) in [5.41, 5.74) is 2.16. The molecule has 0 saturated carbocycles. The highest BCUT2D eigenvalue weighted by Crippen LogP contribution is 2.37. The number of rotatable bonds is 3. The quantitative estimate of drug-likeness (QED) is 0.735. The van der Waals surface area contributed by atoms with E-state index in [1.165, 1.54) is 7.11 Å². The average molecular weight is 265 g/mol. The molecule has 0 aliphatic heterocycles. The van der Waals surface area contributed by atoms with Gasteiger partial charge in [0.25, 0.3) is 0 Å². The smallest absolute Gasteiger partial charge is 0.168 e. The van der Waals surface area contributed by atoms with Crippen LogP contribution in [0.2, 0.25) is 0 Å². The number of methoxy groups -OCH3 is 1. The van der Waals surface area contributed by atoms with E-state index in [1.807, 2.05) is 0 Å². The zero-order valence-corrected chi connectivity index (χ0v) is 9.27. The Morgan fingerprint density at radius 3 is 2.64 bits per heavy atom. The second-order valence-electron chi connectivity index (χ2n) is 2.49. The standard InChI is InChI=1S/C8H10BrFN2O2/c1-11-4-3-5(14-2)6(9)7(10)8(4)12-13/h3,11-13H,1-2H3. The summed E-state index contributed by atoms with van der Waals surface area (Å²) in [5.74, 6) is -0.262. The van der Waals surface area contributed by atoms with Gasteiger partial charge in [0, 0.05) is 13.1 Å². The Bertz CT molecular complexity index is 347. The molecule has 4 nitrogen and oxygen atoms in total. The summed E-state index contributed by atoms with van der Waals surface area (Å²) in [6.07, 6.45) is 0. The molecule has 14 heavy (non-hydrogen) atoms. The number of hydrogen-bond acceptors (Lipinski definition) is 4. The molecule has 0 aromatic heterocycles. The Labute approximate surface area is 89.2 Å². The van der Waals surface area contributed by atoms with Gasteiger partial charge in [-0.25, -0.2) is 4.39 Å². The van der Waals surface area contributed by atoms with Crippen LogP contribution in [0.25, 0.3) is 0 Å². The zero-order valence-electron chi connectivity index (χ0n) is 7.69. The van der Waals surface area contributed by atoms with Crippen molar-refractivity contribution in [3.63, 3.8) is 0 Å². The van der Waals surface area contributed by atoms with Crippen molar-refractivity contribution < 1.29 is 14.3 Å². The van der Waals surface area contributed by atoms with Crippen molar-refractivity contribution >= 4 is 27.3 Å². The van der Waals surface area contributed by atoms with E-state index in [0.29, 0.717) is 11.4 Å². The van der Waals surface area contributed by atoms with E-state index in [9.17, 15) is 4.39 Å². The molecule has 0 radical (unpaired) electrons. The van der Waals surface area contributed by atoms with Crippen molar-refractivity contribution in [1.29, 1.82) is 0 Å². The number of ether oxygens (including phenoxy) is 1. The molecule has 0 fully saturated rings. The predicted molar refractivity (Wildman–Crippen MR) is 55.6 cm³/mol. The average Bonchev–Trinajstić information content (AvgIpc) is 2.21. The summed E-state index contributed by atoms with van der Waals surface area (Å²) in [5, 5.41) is 11.5. The summed E-state index contributed by atoms with van der Waals surface area (Å²) >= 11 is 3.02. The van der Waals surface area contributed by atoms with Crippen molar-refractivity contribution in [3.05, 3.63) is 16.4 Å². The van der Waals surface area contributed by atoms with Crippen LogP contribution in [0.5, 0.6) is 5.75 Å². The first kappa shape index (κ1) is 11.1. The number of halogens is 2. The maximum Gasteiger partial charge on any atom is 0.168 e. The maximum absolute atomic E-state index is 13.5. The predicted octanol–water partition coefficient (Wildman–Crippen LogP) is 2.44. The number of hydrogen-bond donors (Lipinski definition) is 3. The topological polar surface area (TPSA) is 53.5 Å². The van der Waals surface area contributed by atoms with Gasteiger partial charge in [-0.2, -0.15) is 0 Å². The molecule has 1 rings (SSSR count). The van der Waals surface area contributed by atoms with Gasteiger partial charge in [-0.15, -0.1) is 0 Å². The zero-order chi connectivity index (χ0) is 10.7. The molecule has 3 N–H and O–H groups in total. The first-order valence-electron chi connectivity index (χ1n) is 3.79. The molecule has 0 amide bonds. The Kier molecular flexibility index (Phi) is 3.54. The summed E-state index contributed by atoms with van der Waals surface area (Å²) in [6, 6.07) is 1.56. The van der Waals surface area contributed by atoms with Gasteiger partial charge in [-0.3, -0.25) is 10.7 Å². The van der Waals surface area contributed by atoms with Gasteiger partial charge >= 0.3 is 0 Å². The van der Waals surface area contributed by atoms with E-state index in [2.05, 4.69) is 21.2 Å². The van der Waals surface area contributed by atoms with Gasteiger partial charge in [0.2, 0.25) is 0 Å². The van der Waals surface area contributed by atoms with Crippen molar-refractivity contribution in [2.75, 3.05) is 25.0 Å². The third kappa shape index (κ3) is 1.76. The van der Waals surface area contributed by atoms with E-state index in [1.54, 1.807) is 18.6 Å². The van der Waals surface area contributed by atoms with Crippen molar-refractivity contribution in [2.45, 2.75) is 0 Å². The summed E-state index contributed by atoms with van der Waals surface area (Å²) in [7, 11) is 3.05. The molecule has 1 aromatic carbocycles. The SMILES string of the molecule is CNc1cc(OC)c(Br)c(F)c1NO. The summed E-state index contributed by atoms with van der Waals surface area (Å²) < 4.78 is 18.6. The fraction of sp³-hybridized carbons (Fsp3) is 0.250. The lowest BCUT2D eigenvalue weighted by Crippen LogP contribution is -2.02. The van der Waals surface area contributed by atoms with Crippen molar-refractivity contribution in [3.8, 4) is 5.75 Å². The van der Waals surface area contributed by atoms with Crippen LogP contribution in [-0.4, -0.2) is 19.4 Å². The minimum atomic E-state index is -0.615. The van der Waals surface area contributed by atoms with E-state index >= 15 is 0 Å². The van der Waals surface area contributed by atoms with Crippen LogP contribution in [0.4, 0.5) is 15.8 Å². The van der Waals surface area contributed by atoms with Gasteiger partial charge in [0.15, 0.2) is 5.82 Å². The summed E-state index contributed by atoms with van der Waals surface area (Å²) in [6.45, 7) is 0. The molecule has 0 spiro atoms. The molecule has 6 heteroatoms. The number of benzene rings is 1. The minimum absolute atomic E-state index is 0.0276. The van der Waals surface area contributed by atoms with Gasteiger partial charge in [-0.05, 0) is 15.9 Å². The molecule has 1 aromatic rings. The molecule has 0 saturated heterocycles. The fourth-order valence-corrected chi connectivity index (χ4v) is 1.53. The van der Waals surface area contributed by atoms with E-state index in [4.69, 9.17) is 9.94 Å². The second kappa shape index (κ2) is 4.47.